The highest BCUT2D eigenvalue weighted by Gasteiger charge is 2.29. The Morgan fingerprint density at radius 3 is 1.92 bits per heavy atom. The predicted molar refractivity (Wildman–Crippen MR) is 100 cm³/mol. The van der Waals surface area contributed by atoms with Crippen LogP contribution in [0.25, 0.3) is 0 Å². The van der Waals surface area contributed by atoms with Gasteiger partial charge >= 0.3 is 0 Å². The van der Waals surface area contributed by atoms with Crippen LogP contribution in [0.2, 0.25) is 0 Å². The molecule has 2 rings (SSSR count). The van der Waals surface area contributed by atoms with E-state index in [1.54, 1.807) is 18.2 Å². The summed E-state index contributed by atoms with van der Waals surface area (Å²) < 4.78 is 11.9. The molecule has 0 saturated heterocycles. The quantitative estimate of drug-likeness (QED) is 0.776. The number of carbonyl (C=O) groups excluding carboxylic acids is 1. The van der Waals surface area contributed by atoms with Crippen LogP contribution in [0.3, 0.4) is 0 Å². The van der Waals surface area contributed by atoms with Crippen molar-refractivity contribution in [2.24, 2.45) is 0 Å². The summed E-state index contributed by atoms with van der Waals surface area (Å²) in [6.07, 6.45) is 0. The molecule has 0 fully saturated rings. The molecule has 2 aromatic rings. The average Bonchev–Trinajstić information content (AvgIpc) is 2.47. The number of para-hydroxylation sites is 1. The van der Waals surface area contributed by atoms with Crippen LogP contribution in [0.1, 0.15) is 57.5 Å². The van der Waals surface area contributed by atoms with E-state index in [4.69, 9.17) is 9.47 Å². The molecule has 0 heterocycles. The number of phenolic OH excluding ortho intramolecular Hbond substituents is 2. The molecule has 0 spiro atoms. The average molecular weight is 358 g/mol. The van der Waals surface area contributed by atoms with E-state index in [1.165, 1.54) is 18.2 Å². The van der Waals surface area contributed by atoms with Crippen LogP contribution < -0.4 is 9.47 Å². The number of ketones is 1. The Bertz CT molecular complexity index is 810. The van der Waals surface area contributed by atoms with Crippen molar-refractivity contribution in [2.75, 3.05) is 0 Å². The summed E-state index contributed by atoms with van der Waals surface area (Å²) >= 11 is 0. The maximum absolute atomic E-state index is 13.1. The van der Waals surface area contributed by atoms with E-state index in [0.29, 0.717) is 5.75 Å². The number of ether oxygens (including phenoxy) is 2. The molecule has 5 heteroatoms. The highest BCUT2D eigenvalue weighted by Crippen LogP contribution is 2.42. The fourth-order valence-electron chi connectivity index (χ4n) is 2.39. The molecule has 5 nitrogen and oxygen atoms in total. The van der Waals surface area contributed by atoms with Crippen molar-refractivity contribution >= 4 is 5.78 Å². The third-order valence-electron chi connectivity index (χ3n) is 3.30. The molecule has 0 aliphatic rings. The normalized spacial score (nSPS) is 11.9. The molecule has 2 aromatic carbocycles. The second kappa shape index (κ2) is 6.90. The number of rotatable bonds is 4. The van der Waals surface area contributed by atoms with Gasteiger partial charge in [0.2, 0.25) is 5.78 Å². The van der Waals surface area contributed by atoms with E-state index >= 15 is 0 Å². The van der Waals surface area contributed by atoms with Gasteiger partial charge in [0.05, 0.1) is 5.56 Å². The summed E-state index contributed by atoms with van der Waals surface area (Å²) in [7, 11) is 0. The van der Waals surface area contributed by atoms with E-state index in [-0.39, 0.29) is 28.4 Å². The molecule has 140 valence electrons. The topological polar surface area (TPSA) is 76.0 Å². The van der Waals surface area contributed by atoms with Crippen LogP contribution in [0.5, 0.6) is 23.0 Å². The van der Waals surface area contributed by atoms with Gasteiger partial charge < -0.3 is 19.7 Å². The molecular formula is C21H26O5. The molecule has 26 heavy (non-hydrogen) atoms. The van der Waals surface area contributed by atoms with Crippen molar-refractivity contribution in [2.45, 2.75) is 52.7 Å². The van der Waals surface area contributed by atoms with Gasteiger partial charge in [-0.1, -0.05) is 12.1 Å². The van der Waals surface area contributed by atoms with E-state index in [1.807, 2.05) is 41.5 Å². The van der Waals surface area contributed by atoms with Crippen molar-refractivity contribution in [1.82, 2.24) is 0 Å². The summed E-state index contributed by atoms with van der Waals surface area (Å²) in [4.78, 5) is 13.1. The fourth-order valence-corrected chi connectivity index (χ4v) is 2.39. The zero-order valence-corrected chi connectivity index (χ0v) is 16.1. The molecule has 0 aliphatic carbocycles. The van der Waals surface area contributed by atoms with E-state index in [2.05, 4.69) is 0 Å². The maximum atomic E-state index is 13.1. The van der Waals surface area contributed by atoms with Crippen molar-refractivity contribution in [3.05, 3.63) is 47.5 Å². The van der Waals surface area contributed by atoms with Crippen LogP contribution in [0, 0.1) is 0 Å². The summed E-state index contributed by atoms with van der Waals surface area (Å²) in [6.45, 7) is 11.2. The number of carbonyl (C=O) groups is 1. The largest absolute Gasteiger partial charge is 0.507 e. The van der Waals surface area contributed by atoms with Crippen molar-refractivity contribution in [3.63, 3.8) is 0 Å². The van der Waals surface area contributed by atoms with Crippen molar-refractivity contribution < 1.29 is 24.5 Å². The lowest BCUT2D eigenvalue weighted by Gasteiger charge is -2.28. The minimum atomic E-state index is -0.627. The number of hydrogen-bond acceptors (Lipinski definition) is 5. The zero-order valence-electron chi connectivity index (χ0n) is 16.1. The molecule has 0 unspecified atom stereocenters. The van der Waals surface area contributed by atoms with Gasteiger partial charge in [0.25, 0.3) is 0 Å². The third-order valence-corrected chi connectivity index (χ3v) is 3.30. The first-order chi connectivity index (χ1) is 11.9. The molecule has 0 aromatic heterocycles. The molecular weight excluding hydrogens is 332 g/mol. The minimum Gasteiger partial charge on any atom is -0.507 e. The van der Waals surface area contributed by atoms with E-state index < -0.39 is 17.0 Å². The Morgan fingerprint density at radius 1 is 0.808 bits per heavy atom. The lowest BCUT2D eigenvalue weighted by molar-refractivity contribution is 0.0900. The summed E-state index contributed by atoms with van der Waals surface area (Å²) in [6, 6.07) is 9.15. The van der Waals surface area contributed by atoms with Gasteiger partial charge in [0.1, 0.15) is 28.3 Å². The number of benzene rings is 2. The van der Waals surface area contributed by atoms with Gasteiger partial charge in [-0.2, -0.15) is 0 Å². The fraction of sp³-hybridized carbons (Fsp3) is 0.381. The summed E-state index contributed by atoms with van der Waals surface area (Å²) in [5.41, 5.74) is -1.11. The molecule has 0 atom stereocenters. The number of phenols is 2. The Balaban J connectivity index is 2.68. The van der Waals surface area contributed by atoms with Crippen LogP contribution in [0.4, 0.5) is 0 Å². The van der Waals surface area contributed by atoms with Gasteiger partial charge in [0.15, 0.2) is 11.5 Å². The first kappa shape index (κ1) is 19.6. The van der Waals surface area contributed by atoms with Gasteiger partial charge in [0, 0.05) is 0 Å². The Kier molecular flexibility index (Phi) is 5.21. The van der Waals surface area contributed by atoms with Crippen LogP contribution in [-0.4, -0.2) is 27.2 Å². The van der Waals surface area contributed by atoms with Gasteiger partial charge in [-0.15, -0.1) is 0 Å². The van der Waals surface area contributed by atoms with Crippen molar-refractivity contribution in [3.8, 4) is 23.0 Å². The van der Waals surface area contributed by atoms with E-state index in [0.717, 1.165) is 0 Å². The molecule has 0 saturated carbocycles. The first-order valence-electron chi connectivity index (χ1n) is 8.46. The lowest BCUT2D eigenvalue weighted by atomic mass is 9.99. The SMILES string of the molecule is CC(C)(C)Oc1ccc(O)c(C(=O)c2ccccc2O)c1OC(C)(C)C. The summed E-state index contributed by atoms with van der Waals surface area (Å²) in [5, 5.41) is 20.4. The lowest BCUT2D eigenvalue weighted by Crippen LogP contribution is -2.27. The first-order valence-corrected chi connectivity index (χ1v) is 8.46. The molecule has 0 radical (unpaired) electrons. The monoisotopic (exact) mass is 358 g/mol. The third kappa shape index (κ3) is 4.69. The highest BCUT2D eigenvalue weighted by atomic mass is 16.5. The second-order valence-corrected chi connectivity index (χ2v) is 8.06. The number of aromatic hydroxyl groups is 2. The van der Waals surface area contributed by atoms with Gasteiger partial charge in [-0.05, 0) is 65.8 Å². The van der Waals surface area contributed by atoms with Crippen LogP contribution in [0.15, 0.2) is 36.4 Å². The highest BCUT2D eigenvalue weighted by molar-refractivity contribution is 6.14. The standard InChI is InChI=1S/C21H26O5/c1-20(2,3)25-16-12-11-15(23)17(19(16)26-21(4,5)6)18(24)13-9-7-8-10-14(13)22/h7-12,22-23H,1-6H3. The zero-order chi connectivity index (χ0) is 19.7. The number of hydrogen-bond donors (Lipinski definition) is 2. The smallest absolute Gasteiger partial charge is 0.204 e. The Morgan fingerprint density at radius 2 is 1.38 bits per heavy atom. The predicted octanol–water partition coefficient (Wildman–Crippen LogP) is 4.68. The maximum Gasteiger partial charge on any atom is 0.204 e. The molecule has 0 aliphatic heterocycles. The van der Waals surface area contributed by atoms with E-state index in [9.17, 15) is 15.0 Å². The minimum absolute atomic E-state index is 0.0387. The summed E-state index contributed by atoms with van der Waals surface area (Å²) in [5.74, 6) is -0.441. The Hall–Kier alpha value is -2.69. The molecule has 0 bridgehead atoms. The van der Waals surface area contributed by atoms with Crippen molar-refractivity contribution in [1.29, 1.82) is 0 Å². The second-order valence-electron chi connectivity index (χ2n) is 8.06. The molecule has 0 amide bonds. The van der Waals surface area contributed by atoms with Gasteiger partial charge in [-0.25, -0.2) is 0 Å². The Labute approximate surface area is 154 Å². The van der Waals surface area contributed by atoms with Gasteiger partial charge in [-0.3, -0.25) is 4.79 Å². The van der Waals surface area contributed by atoms with Crippen LogP contribution in [-0.2, 0) is 0 Å². The van der Waals surface area contributed by atoms with Crippen LogP contribution >= 0.6 is 0 Å². The molecule has 2 N–H and O–H groups in total.